The SMILES string of the molecule is CC(C)(C)OC(=O)COC1CCC(N)CC1. The molecule has 0 unspecified atom stereocenters. The predicted octanol–water partition coefficient (Wildman–Crippen LogP) is 1.61. The lowest BCUT2D eigenvalue weighted by Crippen LogP contribution is -2.32. The van der Waals surface area contributed by atoms with Gasteiger partial charge in [0.2, 0.25) is 0 Å². The summed E-state index contributed by atoms with van der Waals surface area (Å²) in [6, 6.07) is 0.307. The fraction of sp³-hybridized carbons (Fsp3) is 0.917. The monoisotopic (exact) mass is 229 g/mol. The molecule has 0 aromatic carbocycles. The molecule has 4 nitrogen and oxygen atoms in total. The second kappa shape index (κ2) is 5.64. The molecule has 0 aromatic rings. The van der Waals surface area contributed by atoms with Crippen molar-refractivity contribution in [1.29, 1.82) is 0 Å². The fourth-order valence-electron chi connectivity index (χ4n) is 1.81. The Morgan fingerprint density at radius 3 is 2.31 bits per heavy atom. The number of carbonyl (C=O) groups excluding carboxylic acids is 1. The predicted molar refractivity (Wildman–Crippen MR) is 62.0 cm³/mol. The molecule has 0 saturated heterocycles. The first kappa shape index (κ1) is 13.5. The first-order valence-electron chi connectivity index (χ1n) is 5.96. The highest BCUT2D eigenvalue weighted by molar-refractivity contribution is 5.71. The van der Waals surface area contributed by atoms with Gasteiger partial charge in [0.15, 0.2) is 0 Å². The van der Waals surface area contributed by atoms with Crippen molar-refractivity contribution in [2.75, 3.05) is 6.61 Å². The summed E-state index contributed by atoms with van der Waals surface area (Å²) in [6.45, 7) is 5.61. The molecule has 1 saturated carbocycles. The highest BCUT2D eigenvalue weighted by Gasteiger charge is 2.21. The van der Waals surface area contributed by atoms with Crippen LogP contribution in [-0.4, -0.2) is 30.3 Å². The quantitative estimate of drug-likeness (QED) is 0.747. The Labute approximate surface area is 97.5 Å². The second-order valence-electron chi connectivity index (χ2n) is 5.43. The topological polar surface area (TPSA) is 61.5 Å². The van der Waals surface area contributed by atoms with E-state index in [1.165, 1.54) is 0 Å². The van der Waals surface area contributed by atoms with Crippen LogP contribution in [0, 0.1) is 0 Å². The summed E-state index contributed by atoms with van der Waals surface area (Å²) in [6.07, 6.45) is 4.04. The van der Waals surface area contributed by atoms with Crippen molar-refractivity contribution in [1.82, 2.24) is 0 Å². The van der Waals surface area contributed by atoms with Gasteiger partial charge in [0.05, 0.1) is 6.10 Å². The van der Waals surface area contributed by atoms with Crippen LogP contribution in [0.2, 0.25) is 0 Å². The molecule has 94 valence electrons. The Kier molecular flexibility index (Phi) is 4.74. The molecule has 0 aromatic heterocycles. The lowest BCUT2D eigenvalue weighted by molar-refractivity contribution is -0.162. The summed E-state index contributed by atoms with van der Waals surface area (Å²) < 4.78 is 10.7. The molecular weight excluding hydrogens is 206 g/mol. The standard InChI is InChI=1S/C12H23NO3/c1-12(2,3)16-11(14)8-15-10-6-4-9(13)5-7-10/h9-10H,4-8,13H2,1-3H3. The zero-order valence-corrected chi connectivity index (χ0v) is 10.5. The van der Waals surface area contributed by atoms with Crippen LogP contribution in [0.1, 0.15) is 46.5 Å². The molecule has 1 fully saturated rings. The summed E-state index contributed by atoms with van der Waals surface area (Å²) in [4.78, 5) is 11.4. The Bertz CT molecular complexity index is 227. The second-order valence-corrected chi connectivity index (χ2v) is 5.43. The van der Waals surface area contributed by atoms with Gasteiger partial charge < -0.3 is 15.2 Å². The van der Waals surface area contributed by atoms with Crippen LogP contribution in [0.15, 0.2) is 0 Å². The van der Waals surface area contributed by atoms with Gasteiger partial charge in [0.25, 0.3) is 0 Å². The van der Waals surface area contributed by atoms with Crippen molar-refractivity contribution in [3.8, 4) is 0 Å². The van der Waals surface area contributed by atoms with Gasteiger partial charge >= 0.3 is 5.97 Å². The third-order valence-corrected chi connectivity index (χ3v) is 2.58. The minimum atomic E-state index is -0.435. The molecule has 0 atom stereocenters. The van der Waals surface area contributed by atoms with Crippen molar-refractivity contribution in [2.24, 2.45) is 5.73 Å². The molecule has 0 amide bonds. The van der Waals surface area contributed by atoms with Gasteiger partial charge in [0.1, 0.15) is 12.2 Å². The van der Waals surface area contributed by atoms with E-state index in [1.807, 2.05) is 20.8 Å². The number of ether oxygens (including phenoxy) is 2. The van der Waals surface area contributed by atoms with Crippen LogP contribution in [0.4, 0.5) is 0 Å². The van der Waals surface area contributed by atoms with Crippen LogP contribution in [-0.2, 0) is 14.3 Å². The van der Waals surface area contributed by atoms with Crippen molar-refractivity contribution >= 4 is 5.97 Å². The van der Waals surface area contributed by atoms with Crippen LogP contribution in [0.5, 0.6) is 0 Å². The molecule has 0 aliphatic heterocycles. The maximum absolute atomic E-state index is 11.4. The Balaban J connectivity index is 2.17. The van der Waals surface area contributed by atoms with Gasteiger partial charge in [-0.2, -0.15) is 0 Å². The molecule has 16 heavy (non-hydrogen) atoms. The van der Waals surface area contributed by atoms with E-state index < -0.39 is 5.60 Å². The summed E-state index contributed by atoms with van der Waals surface area (Å²) >= 11 is 0. The van der Waals surface area contributed by atoms with Gasteiger partial charge in [0, 0.05) is 6.04 Å². The lowest BCUT2D eigenvalue weighted by atomic mass is 9.94. The molecule has 1 aliphatic carbocycles. The first-order valence-corrected chi connectivity index (χ1v) is 5.96. The van der Waals surface area contributed by atoms with Crippen LogP contribution in [0.25, 0.3) is 0 Å². The third-order valence-electron chi connectivity index (χ3n) is 2.58. The van der Waals surface area contributed by atoms with Gasteiger partial charge in [-0.05, 0) is 46.5 Å². The Morgan fingerprint density at radius 1 is 1.25 bits per heavy atom. The average molecular weight is 229 g/mol. The van der Waals surface area contributed by atoms with E-state index in [0.29, 0.717) is 6.04 Å². The lowest BCUT2D eigenvalue weighted by Gasteiger charge is -2.26. The van der Waals surface area contributed by atoms with Gasteiger partial charge in [-0.1, -0.05) is 0 Å². The molecule has 2 N–H and O–H groups in total. The number of rotatable bonds is 3. The fourth-order valence-corrected chi connectivity index (χ4v) is 1.81. The molecule has 1 aliphatic rings. The first-order chi connectivity index (χ1) is 7.37. The molecule has 0 bridgehead atoms. The molecular formula is C12H23NO3. The van der Waals surface area contributed by atoms with Crippen molar-refractivity contribution < 1.29 is 14.3 Å². The summed E-state index contributed by atoms with van der Waals surface area (Å²) in [7, 11) is 0. The van der Waals surface area contributed by atoms with Crippen LogP contribution in [0.3, 0.4) is 0 Å². The Morgan fingerprint density at radius 2 is 1.81 bits per heavy atom. The number of hydrogen-bond acceptors (Lipinski definition) is 4. The normalized spacial score (nSPS) is 26.5. The van der Waals surface area contributed by atoms with E-state index in [9.17, 15) is 4.79 Å². The van der Waals surface area contributed by atoms with Crippen molar-refractivity contribution in [3.63, 3.8) is 0 Å². The van der Waals surface area contributed by atoms with Crippen LogP contribution < -0.4 is 5.73 Å². The highest BCUT2D eigenvalue weighted by atomic mass is 16.6. The minimum absolute atomic E-state index is 0.0528. The van der Waals surface area contributed by atoms with Gasteiger partial charge in [-0.15, -0.1) is 0 Å². The molecule has 0 radical (unpaired) electrons. The number of hydrogen-bond donors (Lipinski definition) is 1. The van der Waals surface area contributed by atoms with E-state index in [1.54, 1.807) is 0 Å². The largest absolute Gasteiger partial charge is 0.458 e. The summed E-state index contributed by atoms with van der Waals surface area (Å²) in [5.41, 5.74) is 5.35. The van der Waals surface area contributed by atoms with E-state index in [2.05, 4.69) is 0 Å². The van der Waals surface area contributed by atoms with E-state index in [4.69, 9.17) is 15.2 Å². The van der Waals surface area contributed by atoms with Gasteiger partial charge in [-0.3, -0.25) is 0 Å². The van der Waals surface area contributed by atoms with Crippen LogP contribution >= 0.6 is 0 Å². The summed E-state index contributed by atoms with van der Waals surface area (Å²) in [5, 5.41) is 0. The molecule has 1 rings (SSSR count). The van der Waals surface area contributed by atoms with E-state index >= 15 is 0 Å². The maximum Gasteiger partial charge on any atom is 0.332 e. The number of nitrogens with two attached hydrogens (primary N) is 1. The molecule has 4 heteroatoms. The van der Waals surface area contributed by atoms with E-state index in [0.717, 1.165) is 25.7 Å². The smallest absolute Gasteiger partial charge is 0.332 e. The van der Waals surface area contributed by atoms with E-state index in [-0.39, 0.29) is 18.7 Å². The zero-order chi connectivity index (χ0) is 12.2. The highest BCUT2D eigenvalue weighted by Crippen LogP contribution is 2.19. The maximum atomic E-state index is 11.4. The summed E-state index contributed by atoms with van der Waals surface area (Å²) in [5.74, 6) is -0.289. The number of carbonyl (C=O) groups is 1. The van der Waals surface area contributed by atoms with Gasteiger partial charge in [-0.25, -0.2) is 4.79 Å². The van der Waals surface area contributed by atoms with Crippen molar-refractivity contribution in [2.45, 2.75) is 64.2 Å². The minimum Gasteiger partial charge on any atom is -0.458 e. The number of esters is 1. The van der Waals surface area contributed by atoms with Crippen molar-refractivity contribution in [3.05, 3.63) is 0 Å². The third kappa shape index (κ3) is 5.47. The zero-order valence-electron chi connectivity index (χ0n) is 10.5. The Hall–Kier alpha value is -0.610. The molecule has 0 heterocycles. The molecule has 0 spiro atoms. The average Bonchev–Trinajstić information content (AvgIpc) is 2.14.